The topological polar surface area (TPSA) is 22.3 Å². The fraction of sp³-hybridized carbons (Fsp3) is 0.238. The molecule has 0 amide bonds. The zero-order valence-electron chi connectivity index (χ0n) is 14.2. The number of H-pyrrole nitrogens is 1. The van der Waals surface area contributed by atoms with Crippen LogP contribution in [-0.2, 0) is 0 Å². The van der Waals surface area contributed by atoms with Crippen molar-refractivity contribution in [2.75, 3.05) is 22.9 Å². The van der Waals surface area contributed by atoms with Gasteiger partial charge in [-0.05, 0) is 50.2 Å². The monoisotopic (exact) mass is 317 g/mol. The molecule has 0 saturated carbocycles. The summed E-state index contributed by atoms with van der Waals surface area (Å²) in [7, 11) is 0. The van der Waals surface area contributed by atoms with E-state index >= 15 is 0 Å². The fourth-order valence-corrected chi connectivity index (χ4v) is 3.48. The van der Waals surface area contributed by atoms with E-state index in [0.29, 0.717) is 0 Å². The molecule has 1 aromatic heterocycles. The highest BCUT2D eigenvalue weighted by Crippen LogP contribution is 2.37. The van der Waals surface area contributed by atoms with E-state index in [0.717, 1.165) is 13.1 Å². The maximum absolute atomic E-state index is 3.42. The van der Waals surface area contributed by atoms with E-state index in [1.54, 1.807) is 0 Å². The third-order valence-corrected chi connectivity index (χ3v) is 4.80. The molecule has 3 aromatic rings. The van der Waals surface area contributed by atoms with Crippen molar-refractivity contribution >= 4 is 11.4 Å². The van der Waals surface area contributed by atoms with E-state index in [2.05, 4.69) is 89.3 Å². The molecule has 3 heteroatoms. The highest BCUT2D eigenvalue weighted by atomic mass is 15.4. The summed E-state index contributed by atoms with van der Waals surface area (Å²) < 4.78 is 0. The van der Waals surface area contributed by atoms with Gasteiger partial charge < -0.3 is 14.8 Å². The molecule has 0 unspecified atom stereocenters. The molecule has 3 nitrogen and oxygen atoms in total. The molecule has 2 aromatic carbocycles. The lowest BCUT2D eigenvalue weighted by atomic mass is 10.2. The molecule has 0 spiro atoms. The van der Waals surface area contributed by atoms with Gasteiger partial charge in [-0.25, -0.2) is 0 Å². The standard InChI is InChI=1S/C21H23N3/c1-16-5-9-18(10-6-16)23-14-15-24(19-11-7-17(2)8-12-19)21(23)20-4-3-13-22-20/h3-13,21-22H,14-15H2,1-2H3. The minimum absolute atomic E-state index is 0.199. The number of anilines is 2. The molecule has 1 fully saturated rings. The average Bonchev–Trinajstić information content (AvgIpc) is 3.25. The minimum Gasteiger partial charge on any atom is -0.362 e. The van der Waals surface area contributed by atoms with Gasteiger partial charge in [0.25, 0.3) is 0 Å². The first-order chi connectivity index (χ1) is 11.7. The molecular formula is C21H23N3. The molecule has 1 aliphatic rings. The first-order valence-corrected chi connectivity index (χ1v) is 8.52. The number of aryl methyl sites for hydroxylation is 2. The number of nitrogens with zero attached hydrogens (tertiary/aromatic N) is 2. The van der Waals surface area contributed by atoms with Crippen LogP contribution >= 0.6 is 0 Å². The Kier molecular flexibility index (Phi) is 3.77. The normalized spacial score (nSPS) is 15.2. The lowest BCUT2D eigenvalue weighted by Gasteiger charge is -2.32. The molecule has 1 saturated heterocycles. The van der Waals surface area contributed by atoms with Crippen molar-refractivity contribution in [3.8, 4) is 0 Å². The Morgan fingerprint density at radius 1 is 0.750 bits per heavy atom. The van der Waals surface area contributed by atoms with Gasteiger partial charge in [-0.1, -0.05) is 35.4 Å². The van der Waals surface area contributed by atoms with Gasteiger partial charge in [-0.2, -0.15) is 0 Å². The largest absolute Gasteiger partial charge is 0.362 e. The van der Waals surface area contributed by atoms with E-state index in [-0.39, 0.29) is 6.17 Å². The van der Waals surface area contributed by atoms with Crippen LogP contribution in [0.1, 0.15) is 23.0 Å². The molecule has 0 aliphatic carbocycles. The molecule has 1 aliphatic heterocycles. The van der Waals surface area contributed by atoms with Crippen LogP contribution in [0.5, 0.6) is 0 Å². The van der Waals surface area contributed by atoms with Crippen molar-refractivity contribution in [3.63, 3.8) is 0 Å². The third kappa shape index (κ3) is 2.67. The number of nitrogens with one attached hydrogen (secondary N) is 1. The third-order valence-electron chi connectivity index (χ3n) is 4.80. The van der Waals surface area contributed by atoms with E-state index in [9.17, 15) is 0 Å². The molecule has 0 atom stereocenters. The highest BCUT2D eigenvalue weighted by Gasteiger charge is 2.34. The van der Waals surface area contributed by atoms with Gasteiger partial charge in [-0.3, -0.25) is 0 Å². The molecule has 1 N–H and O–H groups in total. The Morgan fingerprint density at radius 2 is 1.25 bits per heavy atom. The lowest BCUT2D eigenvalue weighted by Crippen LogP contribution is -2.31. The Bertz CT molecular complexity index is 735. The predicted octanol–water partition coefficient (Wildman–Crippen LogP) is 4.66. The molecule has 2 heterocycles. The summed E-state index contributed by atoms with van der Waals surface area (Å²) in [6.07, 6.45) is 2.21. The van der Waals surface area contributed by atoms with Crippen molar-refractivity contribution < 1.29 is 0 Å². The van der Waals surface area contributed by atoms with E-state index in [4.69, 9.17) is 0 Å². The predicted molar refractivity (Wildman–Crippen MR) is 101 cm³/mol. The number of hydrogen-bond acceptors (Lipinski definition) is 2. The van der Waals surface area contributed by atoms with Crippen LogP contribution < -0.4 is 9.80 Å². The highest BCUT2D eigenvalue weighted by molar-refractivity contribution is 5.59. The molecule has 4 rings (SSSR count). The minimum atomic E-state index is 0.199. The summed E-state index contributed by atoms with van der Waals surface area (Å²) in [6, 6.07) is 21.9. The Labute approximate surface area is 143 Å². The second kappa shape index (κ2) is 6.08. The maximum Gasteiger partial charge on any atom is 0.143 e. The second-order valence-corrected chi connectivity index (χ2v) is 6.56. The van der Waals surface area contributed by atoms with Gasteiger partial charge in [-0.15, -0.1) is 0 Å². The van der Waals surface area contributed by atoms with Crippen LogP contribution in [0, 0.1) is 13.8 Å². The van der Waals surface area contributed by atoms with Crippen molar-refractivity contribution in [1.82, 2.24) is 4.98 Å². The fourth-order valence-electron chi connectivity index (χ4n) is 3.48. The van der Waals surface area contributed by atoms with E-state index < -0.39 is 0 Å². The Balaban J connectivity index is 1.73. The van der Waals surface area contributed by atoms with Crippen molar-refractivity contribution in [3.05, 3.63) is 83.7 Å². The van der Waals surface area contributed by atoms with Crippen LogP contribution in [0.4, 0.5) is 11.4 Å². The van der Waals surface area contributed by atoms with Gasteiger partial charge in [0.1, 0.15) is 6.17 Å². The summed E-state index contributed by atoms with van der Waals surface area (Å²) in [5.41, 5.74) is 6.37. The molecule has 122 valence electrons. The smallest absolute Gasteiger partial charge is 0.143 e. The van der Waals surface area contributed by atoms with Crippen molar-refractivity contribution in [2.45, 2.75) is 20.0 Å². The average molecular weight is 317 g/mol. The summed E-state index contributed by atoms with van der Waals surface area (Å²) in [4.78, 5) is 8.37. The summed E-state index contributed by atoms with van der Waals surface area (Å²) >= 11 is 0. The zero-order valence-corrected chi connectivity index (χ0v) is 14.2. The van der Waals surface area contributed by atoms with Crippen LogP contribution in [0.25, 0.3) is 0 Å². The van der Waals surface area contributed by atoms with Crippen LogP contribution in [0.2, 0.25) is 0 Å². The van der Waals surface area contributed by atoms with Crippen LogP contribution in [0.15, 0.2) is 66.9 Å². The van der Waals surface area contributed by atoms with E-state index in [1.807, 2.05) is 6.20 Å². The number of hydrogen-bond donors (Lipinski definition) is 1. The summed E-state index contributed by atoms with van der Waals surface area (Å²) in [5.74, 6) is 0. The number of benzene rings is 2. The van der Waals surface area contributed by atoms with Crippen molar-refractivity contribution in [1.29, 1.82) is 0 Å². The molecule has 0 radical (unpaired) electrons. The SMILES string of the molecule is Cc1ccc(N2CCN(c3ccc(C)cc3)C2c2ccc[nH]2)cc1. The Morgan fingerprint density at radius 3 is 1.67 bits per heavy atom. The number of aromatic amines is 1. The van der Waals surface area contributed by atoms with Gasteiger partial charge in [0, 0.05) is 30.7 Å². The lowest BCUT2D eigenvalue weighted by molar-refractivity contribution is 0.698. The van der Waals surface area contributed by atoms with E-state index in [1.165, 1.54) is 28.2 Å². The summed E-state index contributed by atoms with van der Waals surface area (Å²) in [5, 5.41) is 0. The quantitative estimate of drug-likeness (QED) is 0.759. The van der Waals surface area contributed by atoms with Crippen molar-refractivity contribution in [2.24, 2.45) is 0 Å². The number of aromatic nitrogens is 1. The van der Waals surface area contributed by atoms with Crippen LogP contribution in [-0.4, -0.2) is 18.1 Å². The maximum atomic E-state index is 3.42. The van der Waals surface area contributed by atoms with Crippen LogP contribution in [0.3, 0.4) is 0 Å². The first kappa shape index (κ1) is 14.9. The molecular weight excluding hydrogens is 294 g/mol. The molecule has 24 heavy (non-hydrogen) atoms. The Hall–Kier alpha value is -2.68. The van der Waals surface area contributed by atoms with Gasteiger partial charge in [0.2, 0.25) is 0 Å². The van der Waals surface area contributed by atoms with Gasteiger partial charge >= 0.3 is 0 Å². The summed E-state index contributed by atoms with van der Waals surface area (Å²) in [6.45, 7) is 6.30. The van der Waals surface area contributed by atoms with Gasteiger partial charge in [0.05, 0.1) is 5.69 Å². The second-order valence-electron chi connectivity index (χ2n) is 6.56. The molecule has 0 bridgehead atoms. The first-order valence-electron chi connectivity index (χ1n) is 8.52. The number of rotatable bonds is 3. The van der Waals surface area contributed by atoms with Gasteiger partial charge in [0.15, 0.2) is 0 Å². The zero-order chi connectivity index (χ0) is 16.5.